The summed E-state index contributed by atoms with van der Waals surface area (Å²) in [4.78, 5) is 11.9. The summed E-state index contributed by atoms with van der Waals surface area (Å²) in [7, 11) is 0. The van der Waals surface area contributed by atoms with E-state index in [0.717, 1.165) is 6.07 Å². The Balaban J connectivity index is 1.73. The van der Waals surface area contributed by atoms with E-state index in [1.54, 1.807) is 0 Å². The van der Waals surface area contributed by atoms with Crippen LogP contribution in [0.4, 0.5) is 8.78 Å². The summed E-state index contributed by atoms with van der Waals surface area (Å²) >= 11 is 0. The van der Waals surface area contributed by atoms with Gasteiger partial charge in [0.05, 0.1) is 13.2 Å². The van der Waals surface area contributed by atoms with Crippen LogP contribution in [-0.2, 0) is 9.53 Å². The topological polar surface area (TPSA) is 58.6 Å². The Bertz CT molecular complexity index is 496. The van der Waals surface area contributed by atoms with Crippen molar-refractivity contribution in [1.29, 1.82) is 0 Å². The first-order valence-electron chi connectivity index (χ1n) is 7.05. The smallest absolute Gasteiger partial charge is 0.223 e. The van der Waals surface area contributed by atoms with Crippen molar-refractivity contribution in [1.82, 2.24) is 5.32 Å². The first-order chi connectivity index (χ1) is 10.1. The van der Waals surface area contributed by atoms with Gasteiger partial charge in [-0.15, -0.1) is 0 Å². The minimum atomic E-state index is -0.875. The molecule has 0 aliphatic heterocycles. The van der Waals surface area contributed by atoms with Crippen LogP contribution in [0, 0.1) is 17.6 Å². The Morgan fingerprint density at radius 2 is 2.19 bits per heavy atom. The second kappa shape index (κ2) is 7.47. The van der Waals surface area contributed by atoms with Crippen molar-refractivity contribution in [2.45, 2.75) is 18.8 Å². The standard InChI is InChI=1S/C15H19F2NO3/c16-13-4-1-3-10(14(13)17)11-9-12(11)15(20)18-5-2-7-21-8-6-19/h1,3-4,11-12,19H,2,5-9H2,(H,18,20). The lowest BCUT2D eigenvalue weighted by Crippen LogP contribution is -2.27. The van der Waals surface area contributed by atoms with Crippen molar-refractivity contribution < 1.29 is 23.4 Å². The first kappa shape index (κ1) is 15.9. The third kappa shape index (κ3) is 4.22. The zero-order valence-corrected chi connectivity index (χ0v) is 11.6. The van der Waals surface area contributed by atoms with Gasteiger partial charge in [0.1, 0.15) is 0 Å². The highest BCUT2D eigenvalue weighted by atomic mass is 19.2. The SMILES string of the molecule is O=C(NCCCOCCO)C1CC1c1cccc(F)c1F. The van der Waals surface area contributed by atoms with Gasteiger partial charge in [0.25, 0.3) is 0 Å². The van der Waals surface area contributed by atoms with E-state index in [1.807, 2.05) is 0 Å². The molecule has 6 heteroatoms. The van der Waals surface area contributed by atoms with Crippen LogP contribution in [0.3, 0.4) is 0 Å². The fourth-order valence-electron chi connectivity index (χ4n) is 2.32. The lowest BCUT2D eigenvalue weighted by atomic mass is 10.1. The number of carbonyl (C=O) groups excluding carboxylic acids is 1. The molecule has 1 aliphatic carbocycles. The molecular weight excluding hydrogens is 280 g/mol. The van der Waals surface area contributed by atoms with Gasteiger partial charge in [0.2, 0.25) is 5.91 Å². The number of aliphatic hydroxyl groups excluding tert-OH is 1. The van der Waals surface area contributed by atoms with E-state index >= 15 is 0 Å². The number of amides is 1. The number of ether oxygens (including phenoxy) is 1. The van der Waals surface area contributed by atoms with E-state index in [4.69, 9.17) is 9.84 Å². The highest BCUT2D eigenvalue weighted by Crippen LogP contribution is 2.48. The van der Waals surface area contributed by atoms with Crippen LogP contribution in [0.25, 0.3) is 0 Å². The van der Waals surface area contributed by atoms with Crippen molar-refractivity contribution in [2.24, 2.45) is 5.92 Å². The minimum absolute atomic E-state index is 0.0185. The summed E-state index contributed by atoms with van der Waals surface area (Å²) in [6.07, 6.45) is 1.20. The molecule has 0 saturated heterocycles. The monoisotopic (exact) mass is 299 g/mol. The van der Waals surface area contributed by atoms with E-state index in [-0.39, 0.29) is 36.5 Å². The average Bonchev–Trinajstić information content (AvgIpc) is 3.26. The molecule has 2 N–H and O–H groups in total. The second-order valence-electron chi connectivity index (χ2n) is 5.07. The molecule has 116 valence electrons. The fourth-order valence-corrected chi connectivity index (χ4v) is 2.32. The number of halogens is 2. The zero-order chi connectivity index (χ0) is 15.2. The summed E-state index contributed by atoms with van der Waals surface area (Å²) < 4.78 is 31.8. The van der Waals surface area contributed by atoms with Crippen LogP contribution in [0.15, 0.2) is 18.2 Å². The highest BCUT2D eigenvalue weighted by molar-refractivity contribution is 5.82. The predicted molar refractivity (Wildman–Crippen MR) is 72.7 cm³/mol. The molecule has 1 fully saturated rings. The molecule has 2 unspecified atom stereocenters. The zero-order valence-electron chi connectivity index (χ0n) is 11.6. The molecule has 4 nitrogen and oxygen atoms in total. The maximum atomic E-state index is 13.6. The van der Waals surface area contributed by atoms with Gasteiger partial charge in [-0.25, -0.2) is 8.78 Å². The van der Waals surface area contributed by atoms with Gasteiger partial charge in [0.15, 0.2) is 11.6 Å². The van der Waals surface area contributed by atoms with Crippen molar-refractivity contribution in [3.8, 4) is 0 Å². The first-order valence-corrected chi connectivity index (χ1v) is 7.05. The Kier molecular flexibility index (Phi) is 5.64. The van der Waals surface area contributed by atoms with Gasteiger partial charge in [-0.1, -0.05) is 12.1 Å². The number of rotatable bonds is 8. The normalized spacial score (nSPS) is 20.3. The molecule has 0 aromatic heterocycles. The van der Waals surface area contributed by atoms with Crippen molar-refractivity contribution >= 4 is 5.91 Å². The molecule has 1 saturated carbocycles. The molecular formula is C15H19F2NO3. The van der Waals surface area contributed by atoms with Gasteiger partial charge in [-0.2, -0.15) is 0 Å². The Hall–Kier alpha value is -1.53. The van der Waals surface area contributed by atoms with Crippen molar-refractivity contribution in [2.75, 3.05) is 26.4 Å². The highest BCUT2D eigenvalue weighted by Gasteiger charge is 2.45. The number of nitrogens with one attached hydrogen (secondary N) is 1. The molecule has 0 bridgehead atoms. The number of aliphatic hydroxyl groups is 1. The van der Waals surface area contributed by atoms with E-state index < -0.39 is 11.6 Å². The van der Waals surface area contributed by atoms with Gasteiger partial charge in [-0.3, -0.25) is 4.79 Å². The van der Waals surface area contributed by atoms with Crippen LogP contribution in [0.2, 0.25) is 0 Å². The molecule has 0 radical (unpaired) electrons. The van der Waals surface area contributed by atoms with E-state index in [1.165, 1.54) is 12.1 Å². The van der Waals surface area contributed by atoms with Crippen molar-refractivity contribution in [3.05, 3.63) is 35.4 Å². The molecule has 1 aromatic carbocycles. The molecule has 21 heavy (non-hydrogen) atoms. The Morgan fingerprint density at radius 1 is 1.38 bits per heavy atom. The van der Waals surface area contributed by atoms with Crippen LogP contribution < -0.4 is 5.32 Å². The number of carbonyl (C=O) groups is 1. The second-order valence-corrected chi connectivity index (χ2v) is 5.07. The quantitative estimate of drug-likeness (QED) is 0.717. The molecule has 0 spiro atoms. The summed E-state index contributed by atoms with van der Waals surface area (Å²) in [6.45, 7) is 1.21. The fraction of sp³-hybridized carbons (Fsp3) is 0.533. The summed E-state index contributed by atoms with van der Waals surface area (Å²) in [5.74, 6) is -2.37. The molecule has 2 atom stereocenters. The predicted octanol–water partition coefficient (Wildman–Crippen LogP) is 1.58. The summed E-state index contributed by atoms with van der Waals surface area (Å²) in [5, 5.41) is 11.3. The lowest BCUT2D eigenvalue weighted by Gasteiger charge is -2.06. The van der Waals surface area contributed by atoms with Crippen LogP contribution >= 0.6 is 0 Å². The van der Waals surface area contributed by atoms with Gasteiger partial charge >= 0.3 is 0 Å². The number of hydrogen-bond acceptors (Lipinski definition) is 3. The maximum absolute atomic E-state index is 13.6. The molecule has 2 rings (SSSR count). The van der Waals surface area contributed by atoms with E-state index in [0.29, 0.717) is 26.0 Å². The largest absolute Gasteiger partial charge is 0.394 e. The number of benzene rings is 1. The summed E-state index contributed by atoms with van der Waals surface area (Å²) in [6, 6.07) is 4.06. The van der Waals surface area contributed by atoms with Gasteiger partial charge in [0, 0.05) is 19.1 Å². The Labute approximate surface area is 122 Å². The van der Waals surface area contributed by atoms with Gasteiger partial charge in [-0.05, 0) is 30.4 Å². The van der Waals surface area contributed by atoms with E-state index in [2.05, 4.69) is 5.32 Å². The molecule has 1 amide bonds. The molecule has 0 heterocycles. The number of hydrogen-bond donors (Lipinski definition) is 2. The third-order valence-electron chi connectivity index (χ3n) is 3.51. The average molecular weight is 299 g/mol. The van der Waals surface area contributed by atoms with Crippen LogP contribution in [0.5, 0.6) is 0 Å². The molecule has 1 aromatic rings. The third-order valence-corrected chi connectivity index (χ3v) is 3.51. The lowest BCUT2D eigenvalue weighted by molar-refractivity contribution is -0.122. The van der Waals surface area contributed by atoms with Crippen LogP contribution in [0.1, 0.15) is 24.3 Å². The van der Waals surface area contributed by atoms with E-state index in [9.17, 15) is 13.6 Å². The van der Waals surface area contributed by atoms with Crippen LogP contribution in [-0.4, -0.2) is 37.4 Å². The maximum Gasteiger partial charge on any atom is 0.223 e. The summed E-state index contributed by atoms with van der Waals surface area (Å²) in [5.41, 5.74) is 0.279. The minimum Gasteiger partial charge on any atom is -0.394 e. The van der Waals surface area contributed by atoms with Gasteiger partial charge < -0.3 is 15.2 Å². The molecule has 1 aliphatic rings. The Morgan fingerprint density at radius 3 is 2.95 bits per heavy atom. The van der Waals surface area contributed by atoms with Crippen molar-refractivity contribution in [3.63, 3.8) is 0 Å².